The molecule has 9 nitrogen and oxygen atoms in total. The average molecular weight is 325 g/mol. The molecule has 0 saturated carbocycles. The topological polar surface area (TPSA) is 110 Å². The highest BCUT2D eigenvalue weighted by Gasteiger charge is 2.23. The van der Waals surface area contributed by atoms with E-state index in [9.17, 15) is 8.42 Å². The lowest BCUT2D eigenvalue weighted by atomic mass is 10.4. The van der Waals surface area contributed by atoms with E-state index in [1.165, 1.54) is 10.6 Å². The van der Waals surface area contributed by atoms with E-state index in [0.29, 0.717) is 43.6 Å². The van der Waals surface area contributed by atoms with E-state index in [-0.39, 0.29) is 0 Å². The van der Waals surface area contributed by atoms with Gasteiger partial charge < -0.3 is 10.6 Å². The largest absolute Gasteiger partial charge is 0.383 e. The number of nitrogens with two attached hydrogens (primary N) is 1. The van der Waals surface area contributed by atoms with Crippen LogP contribution in [0.4, 0.5) is 11.8 Å². The summed E-state index contributed by atoms with van der Waals surface area (Å²) < 4.78 is 26.5. The van der Waals surface area contributed by atoms with Crippen molar-refractivity contribution in [1.29, 1.82) is 0 Å². The van der Waals surface area contributed by atoms with Gasteiger partial charge in [-0.1, -0.05) is 0 Å². The predicted molar refractivity (Wildman–Crippen MR) is 84.0 cm³/mol. The van der Waals surface area contributed by atoms with Gasteiger partial charge in [-0.2, -0.15) is 15.1 Å². The Morgan fingerprint density at radius 3 is 2.68 bits per heavy atom. The van der Waals surface area contributed by atoms with Crippen molar-refractivity contribution in [2.45, 2.75) is 6.42 Å². The molecule has 3 heterocycles. The molecule has 0 spiro atoms. The van der Waals surface area contributed by atoms with Crippen LogP contribution in [0.3, 0.4) is 0 Å². The standard InChI is InChI=1S/C12H19N7O2S/c1-17-11-9(8-14-17)10(13)15-12(16-11)18-4-3-5-19(7-6-18)22(2,20)21/h8H,3-7H2,1-2H3,(H2,13,15,16). The minimum Gasteiger partial charge on any atom is -0.383 e. The molecule has 0 atom stereocenters. The molecule has 3 rings (SSSR count). The molecule has 0 bridgehead atoms. The Balaban J connectivity index is 1.90. The van der Waals surface area contributed by atoms with Crippen LogP contribution in [-0.2, 0) is 17.1 Å². The molecule has 0 aromatic carbocycles. The monoisotopic (exact) mass is 325 g/mol. The number of aryl methyl sites for hydroxylation is 1. The van der Waals surface area contributed by atoms with Crippen LogP contribution in [0.15, 0.2) is 6.20 Å². The average Bonchev–Trinajstić information content (AvgIpc) is 2.68. The summed E-state index contributed by atoms with van der Waals surface area (Å²) in [4.78, 5) is 10.8. The fourth-order valence-electron chi connectivity index (χ4n) is 2.60. The molecule has 10 heteroatoms. The summed E-state index contributed by atoms with van der Waals surface area (Å²) in [5.41, 5.74) is 6.65. The third kappa shape index (κ3) is 2.71. The van der Waals surface area contributed by atoms with Crippen molar-refractivity contribution in [2.75, 3.05) is 43.1 Å². The minimum absolute atomic E-state index is 0.386. The molecule has 0 radical (unpaired) electrons. The van der Waals surface area contributed by atoms with E-state index in [4.69, 9.17) is 5.73 Å². The number of anilines is 2. The van der Waals surface area contributed by atoms with Crippen LogP contribution in [0.5, 0.6) is 0 Å². The third-order valence-electron chi connectivity index (χ3n) is 3.82. The van der Waals surface area contributed by atoms with Crippen molar-refractivity contribution in [3.05, 3.63) is 6.20 Å². The molecule has 2 aromatic rings. The number of sulfonamides is 1. The first-order valence-corrected chi connectivity index (χ1v) is 8.86. The van der Waals surface area contributed by atoms with Gasteiger partial charge in [0.2, 0.25) is 16.0 Å². The summed E-state index contributed by atoms with van der Waals surface area (Å²) in [6.45, 7) is 2.16. The van der Waals surface area contributed by atoms with Gasteiger partial charge in [-0.15, -0.1) is 0 Å². The van der Waals surface area contributed by atoms with Gasteiger partial charge in [-0.3, -0.25) is 4.68 Å². The zero-order valence-corrected chi connectivity index (χ0v) is 13.4. The molecule has 2 N–H and O–H groups in total. The normalized spacial score (nSPS) is 17.8. The Morgan fingerprint density at radius 2 is 1.95 bits per heavy atom. The van der Waals surface area contributed by atoms with E-state index in [2.05, 4.69) is 15.1 Å². The molecular formula is C12H19N7O2S. The number of aromatic nitrogens is 4. The van der Waals surface area contributed by atoms with Gasteiger partial charge in [0, 0.05) is 33.2 Å². The first-order valence-electron chi connectivity index (χ1n) is 7.01. The second kappa shape index (κ2) is 5.36. The van der Waals surface area contributed by atoms with Gasteiger partial charge in [-0.25, -0.2) is 12.7 Å². The Labute approximate surface area is 128 Å². The molecular weight excluding hydrogens is 306 g/mol. The second-order valence-electron chi connectivity index (χ2n) is 5.42. The van der Waals surface area contributed by atoms with Gasteiger partial charge in [-0.05, 0) is 6.42 Å². The van der Waals surface area contributed by atoms with Crippen molar-refractivity contribution in [1.82, 2.24) is 24.1 Å². The van der Waals surface area contributed by atoms with Gasteiger partial charge in [0.05, 0.1) is 17.8 Å². The molecule has 120 valence electrons. The van der Waals surface area contributed by atoms with Gasteiger partial charge >= 0.3 is 0 Å². The van der Waals surface area contributed by atoms with Gasteiger partial charge in [0.25, 0.3) is 0 Å². The van der Waals surface area contributed by atoms with Crippen molar-refractivity contribution < 1.29 is 8.42 Å². The second-order valence-corrected chi connectivity index (χ2v) is 7.40. The molecule has 0 aliphatic carbocycles. The Kier molecular flexibility index (Phi) is 3.65. The minimum atomic E-state index is -3.17. The summed E-state index contributed by atoms with van der Waals surface area (Å²) in [6.07, 6.45) is 3.60. The quantitative estimate of drug-likeness (QED) is 0.786. The first kappa shape index (κ1) is 15.0. The molecule has 1 aliphatic rings. The Bertz CT molecular complexity index is 801. The van der Waals surface area contributed by atoms with Crippen LogP contribution in [0.25, 0.3) is 11.0 Å². The van der Waals surface area contributed by atoms with Crippen molar-refractivity contribution >= 4 is 32.8 Å². The van der Waals surface area contributed by atoms with Crippen LogP contribution in [0, 0.1) is 0 Å². The van der Waals surface area contributed by atoms with E-state index < -0.39 is 10.0 Å². The number of rotatable bonds is 2. The highest BCUT2D eigenvalue weighted by atomic mass is 32.2. The summed E-state index contributed by atoms with van der Waals surface area (Å²) in [5, 5.41) is 4.85. The molecule has 2 aromatic heterocycles. The summed E-state index contributed by atoms with van der Waals surface area (Å²) in [6, 6.07) is 0. The summed E-state index contributed by atoms with van der Waals surface area (Å²) in [7, 11) is -1.37. The fraction of sp³-hybridized carbons (Fsp3) is 0.583. The Morgan fingerprint density at radius 1 is 1.18 bits per heavy atom. The van der Waals surface area contributed by atoms with E-state index in [1.54, 1.807) is 17.9 Å². The maximum atomic E-state index is 11.7. The number of nitrogen functional groups attached to an aromatic ring is 1. The van der Waals surface area contributed by atoms with Crippen LogP contribution in [-0.4, -0.2) is 64.9 Å². The molecule has 0 amide bonds. The van der Waals surface area contributed by atoms with Crippen LogP contribution in [0.2, 0.25) is 0 Å². The molecule has 1 aliphatic heterocycles. The lowest BCUT2D eigenvalue weighted by Crippen LogP contribution is -2.35. The van der Waals surface area contributed by atoms with E-state index >= 15 is 0 Å². The maximum Gasteiger partial charge on any atom is 0.229 e. The van der Waals surface area contributed by atoms with Gasteiger partial charge in [0.15, 0.2) is 5.65 Å². The molecule has 1 fully saturated rings. The highest BCUT2D eigenvalue weighted by molar-refractivity contribution is 7.88. The highest BCUT2D eigenvalue weighted by Crippen LogP contribution is 2.21. The summed E-state index contributed by atoms with van der Waals surface area (Å²) >= 11 is 0. The zero-order chi connectivity index (χ0) is 15.9. The summed E-state index contributed by atoms with van der Waals surface area (Å²) in [5.74, 6) is 0.904. The SMILES string of the molecule is Cn1ncc2c(N)nc(N3CCCN(S(C)(=O)=O)CC3)nc21. The van der Waals surface area contributed by atoms with Crippen LogP contribution in [0.1, 0.15) is 6.42 Å². The molecule has 1 saturated heterocycles. The van der Waals surface area contributed by atoms with Crippen molar-refractivity contribution in [3.63, 3.8) is 0 Å². The Hall–Kier alpha value is -1.94. The molecule has 0 unspecified atom stereocenters. The van der Waals surface area contributed by atoms with Gasteiger partial charge in [0.1, 0.15) is 5.82 Å². The zero-order valence-electron chi connectivity index (χ0n) is 12.6. The van der Waals surface area contributed by atoms with E-state index in [1.807, 2.05) is 4.90 Å². The molecule has 22 heavy (non-hydrogen) atoms. The fourth-order valence-corrected chi connectivity index (χ4v) is 3.47. The number of fused-ring (bicyclic) bond motifs is 1. The predicted octanol–water partition coefficient (Wildman–Crippen LogP) is -0.583. The first-order chi connectivity index (χ1) is 10.4. The van der Waals surface area contributed by atoms with Crippen LogP contribution >= 0.6 is 0 Å². The third-order valence-corrected chi connectivity index (χ3v) is 5.12. The smallest absolute Gasteiger partial charge is 0.229 e. The van der Waals surface area contributed by atoms with Crippen molar-refractivity contribution in [3.8, 4) is 0 Å². The number of nitrogens with zero attached hydrogens (tertiary/aromatic N) is 6. The van der Waals surface area contributed by atoms with Crippen LogP contribution < -0.4 is 10.6 Å². The maximum absolute atomic E-state index is 11.7. The lowest BCUT2D eigenvalue weighted by Gasteiger charge is -2.21. The number of hydrogen-bond donors (Lipinski definition) is 1. The van der Waals surface area contributed by atoms with Crippen molar-refractivity contribution in [2.24, 2.45) is 7.05 Å². The number of hydrogen-bond acceptors (Lipinski definition) is 7. The van der Waals surface area contributed by atoms with E-state index in [0.717, 1.165) is 11.8 Å². The lowest BCUT2D eigenvalue weighted by molar-refractivity contribution is 0.437.